The van der Waals surface area contributed by atoms with Crippen molar-refractivity contribution in [1.82, 2.24) is 10.2 Å². The van der Waals surface area contributed by atoms with Gasteiger partial charge in [0.05, 0.1) is 0 Å². The smallest absolute Gasteiger partial charge is 0.193 e. The predicted molar refractivity (Wildman–Crippen MR) is 110 cm³/mol. The van der Waals surface area contributed by atoms with Crippen molar-refractivity contribution in [2.45, 2.75) is 46.0 Å². The maximum atomic E-state index is 5.82. The first-order chi connectivity index (χ1) is 11.3. The molecule has 6 heteroatoms. The second-order valence-electron chi connectivity index (χ2n) is 6.91. The zero-order valence-corrected chi connectivity index (χ0v) is 17.8. The fraction of sp³-hybridized carbons (Fsp3) is 0.944. The molecule has 0 aliphatic carbocycles. The maximum absolute atomic E-state index is 5.82. The standard InChI is InChI=1S/C18H35N3O2.HI/c1-3-19-18(21-10-4-6-16(2)14-21)20-9-5-11-23-15-17-7-12-22-13-8-17;/h16-17H,3-15H2,1-2H3,(H,19,20);1H. The topological polar surface area (TPSA) is 46.1 Å². The highest BCUT2D eigenvalue weighted by Gasteiger charge is 2.19. The molecule has 0 amide bonds. The van der Waals surface area contributed by atoms with Gasteiger partial charge in [0.25, 0.3) is 0 Å². The van der Waals surface area contributed by atoms with Gasteiger partial charge in [-0.3, -0.25) is 4.99 Å². The number of hydrogen-bond donors (Lipinski definition) is 1. The van der Waals surface area contributed by atoms with Gasteiger partial charge in [-0.15, -0.1) is 24.0 Å². The molecule has 0 spiro atoms. The van der Waals surface area contributed by atoms with Crippen LogP contribution in [0.2, 0.25) is 0 Å². The zero-order chi connectivity index (χ0) is 16.3. The number of ether oxygens (including phenoxy) is 2. The van der Waals surface area contributed by atoms with Crippen LogP contribution < -0.4 is 5.32 Å². The molecule has 2 saturated heterocycles. The van der Waals surface area contributed by atoms with Crippen LogP contribution in [-0.4, -0.2) is 63.5 Å². The van der Waals surface area contributed by atoms with Crippen LogP contribution in [-0.2, 0) is 9.47 Å². The Kier molecular flexibility index (Phi) is 12.0. The molecule has 2 heterocycles. The number of nitrogens with zero attached hydrogens (tertiary/aromatic N) is 2. The van der Waals surface area contributed by atoms with Crippen LogP contribution in [0.1, 0.15) is 46.0 Å². The normalized spacial score (nSPS) is 23.0. The van der Waals surface area contributed by atoms with Crippen molar-refractivity contribution in [3.63, 3.8) is 0 Å². The summed E-state index contributed by atoms with van der Waals surface area (Å²) >= 11 is 0. The lowest BCUT2D eigenvalue weighted by atomic mass is 10.0. The van der Waals surface area contributed by atoms with Crippen LogP contribution in [0.3, 0.4) is 0 Å². The minimum absolute atomic E-state index is 0. The molecular formula is C18H36IN3O2. The molecule has 0 saturated carbocycles. The average molecular weight is 453 g/mol. The third kappa shape index (κ3) is 8.34. The Morgan fingerprint density at radius 3 is 2.79 bits per heavy atom. The van der Waals surface area contributed by atoms with Crippen LogP contribution in [0.15, 0.2) is 4.99 Å². The van der Waals surface area contributed by atoms with Crippen molar-refractivity contribution in [3.8, 4) is 0 Å². The number of rotatable bonds is 7. The minimum Gasteiger partial charge on any atom is -0.381 e. The Morgan fingerprint density at radius 2 is 2.08 bits per heavy atom. The van der Waals surface area contributed by atoms with Crippen molar-refractivity contribution in [1.29, 1.82) is 0 Å². The van der Waals surface area contributed by atoms with E-state index in [4.69, 9.17) is 14.5 Å². The molecule has 0 radical (unpaired) electrons. The van der Waals surface area contributed by atoms with E-state index in [1.165, 1.54) is 12.8 Å². The lowest BCUT2D eigenvalue weighted by Gasteiger charge is -2.33. The second-order valence-corrected chi connectivity index (χ2v) is 6.91. The van der Waals surface area contributed by atoms with Crippen LogP contribution in [0.25, 0.3) is 0 Å². The molecule has 0 aromatic carbocycles. The first kappa shape index (κ1) is 22.0. The quantitative estimate of drug-likeness (QED) is 0.279. The molecule has 2 fully saturated rings. The predicted octanol–water partition coefficient (Wildman–Crippen LogP) is 3.14. The summed E-state index contributed by atoms with van der Waals surface area (Å²) in [7, 11) is 0. The van der Waals surface area contributed by atoms with E-state index in [9.17, 15) is 0 Å². The lowest BCUT2D eigenvalue weighted by molar-refractivity contribution is 0.0205. The largest absolute Gasteiger partial charge is 0.381 e. The van der Waals surface area contributed by atoms with Crippen molar-refractivity contribution in [2.24, 2.45) is 16.8 Å². The van der Waals surface area contributed by atoms with Crippen LogP contribution in [0.5, 0.6) is 0 Å². The summed E-state index contributed by atoms with van der Waals surface area (Å²) in [4.78, 5) is 7.20. The van der Waals surface area contributed by atoms with E-state index in [-0.39, 0.29) is 24.0 Å². The monoisotopic (exact) mass is 453 g/mol. The molecule has 0 aromatic rings. The number of nitrogens with one attached hydrogen (secondary N) is 1. The lowest BCUT2D eigenvalue weighted by Crippen LogP contribution is -2.46. The van der Waals surface area contributed by atoms with Crippen molar-refractivity contribution >= 4 is 29.9 Å². The molecule has 2 aliphatic rings. The Balaban J connectivity index is 0.00000288. The molecule has 1 unspecified atom stereocenters. The molecule has 5 nitrogen and oxygen atoms in total. The van der Waals surface area contributed by atoms with E-state index in [1.807, 2.05) is 0 Å². The van der Waals surface area contributed by atoms with Crippen LogP contribution >= 0.6 is 24.0 Å². The third-order valence-electron chi connectivity index (χ3n) is 4.69. The number of hydrogen-bond acceptors (Lipinski definition) is 3. The van der Waals surface area contributed by atoms with Crippen molar-refractivity contribution < 1.29 is 9.47 Å². The van der Waals surface area contributed by atoms with E-state index < -0.39 is 0 Å². The van der Waals surface area contributed by atoms with Gasteiger partial charge < -0.3 is 19.7 Å². The number of aliphatic imine (C=N–C) groups is 1. The van der Waals surface area contributed by atoms with Gasteiger partial charge in [-0.2, -0.15) is 0 Å². The van der Waals surface area contributed by atoms with E-state index in [0.717, 1.165) is 83.7 Å². The van der Waals surface area contributed by atoms with Gasteiger partial charge in [-0.05, 0) is 50.9 Å². The molecule has 142 valence electrons. The molecule has 1 N–H and O–H groups in total. The van der Waals surface area contributed by atoms with E-state index in [0.29, 0.717) is 5.92 Å². The molecule has 0 bridgehead atoms. The fourth-order valence-corrected chi connectivity index (χ4v) is 3.32. The molecule has 2 aliphatic heterocycles. The number of halogens is 1. The third-order valence-corrected chi connectivity index (χ3v) is 4.69. The number of likely N-dealkylation sites (tertiary alicyclic amines) is 1. The van der Waals surface area contributed by atoms with Crippen molar-refractivity contribution in [3.05, 3.63) is 0 Å². The molecule has 1 atom stereocenters. The summed E-state index contributed by atoms with van der Waals surface area (Å²) in [5.74, 6) is 2.55. The molecule has 24 heavy (non-hydrogen) atoms. The van der Waals surface area contributed by atoms with Crippen LogP contribution in [0, 0.1) is 11.8 Å². The summed E-state index contributed by atoms with van der Waals surface area (Å²) in [5, 5.41) is 3.44. The Morgan fingerprint density at radius 1 is 1.29 bits per heavy atom. The van der Waals surface area contributed by atoms with E-state index >= 15 is 0 Å². The molecule has 2 rings (SSSR count). The fourth-order valence-electron chi connectivity index (χ4n) is 3.32. The number of guanidine groups is 1. The molecular weight excluding hydrogens is 417 g/mol. The Labute approximate surface area is 165 Å². The first-order valence-corrected chi connectivity index (χ1v) is 9.48. The summed E-state index contributed by atoms with van der Waals surface area (Å²) in [6.45, 7) is 12.0. The zero-order valence-electron chi connectivity index (χ0n) is 15.5. The Hall–Kier alpha value is -0.0800. The summed E-state index contributed by atoms with van der Waals surface area (Å²) in [6.07, 6.45) is 5.92. The Bertz CT molecular complexity index is 349. The highest BCUT2D eigenvalue weighted by atomic mass is 127. The van der Waals surface area contributed by atoms with Crippen LogP contribution in [0.4, 0.5) is 0 Å². The first-order valence-electron chi connectivity index (χ1n) is 9.48. The highest BCUT2D eigenvalue weighted by molar-refractivity contribution is 14.0. The molecule has 0 aromatic heterocycles. The average Bonchev–Trinajstić information content (AvgIpc) is 2.58. The number of piperidine rings is 1. The van der Waals surface area contributed by atoms with Gasteiger partial charge in [-0.25, -0.2) is 0 Å². The summed E-state index contributed by atoms with van der Waals surface area (Å²) < 4.78 is 11.2. The van der Waals surface area contributed by atoms with Gasteiger partial charge >= 0.3 is 0 Å². The SMILES string of the molecule is CCNC(=NCCCOCC1CCOCC1)N1CCCC(C)C1.I. The van der Waals surface area contributed by atoms with Gasteiger partial charge in [0.15, 0.2) is 5.96 Å². The summed E-state index contributed by atoms with van der Waals surface area (Å²) in [6, 6.07) is 0. The highest BCUT2D eigenvalue weighted by Crippen LogP contribution is 2.16. The minimum atomic E-state index is 0. The second kappa shape index (κ2) is 13.2. The summed E-state index contributed by atoms with van der Waals surface area (Å²) in [5.41, 5.74) is 0. The maximum Gasteiger partial charge on any atom is 0.193 e. The van der Waals surface area contributed by atoms with Gasteiger partial charge in [0.1, 0.15) is 0 Å². The van der Waals surface area contributed by atoms with Crippen molar-refractivity contribution in [2.75, 3.05) is 52.6 Å². The van der Waals surface area contributed by atoms with E-state index in [1.54, 1.807) is 0 Å². The van der Waals surface area contributed by atoms with Gasteiger partial charge in [-0.1, -0.05) is 6.92 Å². The van der Waals surface area contributed by atoms with Gasteiger partial charge in [0, 0.05) is 52.6 Å². The van der Waals surface area contributed by atoms with E-state index in [2.05, 4.69) is 24.1 Å². The van der Waals surface area contributed by atoms with Gasteiger partial charge in [0.2, 0.25) is 0 Å².